The van der Waals surface area contributed by atoms with Gasteiger partial charge in [-0.2, -0.15) is 18.3 Å². The van der Waals surface area contributed by atoms with Crippen molar-refractivity contribution < 1.29 is 18.0 Å². The van der Waals surface area contributed by atoms with Crippen LogP contribution in [0.15, 0.2) is 30.5 Å². The first kappa shape index (κ1) is 22.7. The Labute approximate surface area is 188 Å². The molecule has 1 fully saturated rings. The molecule has 174 valence electrons. The highest BCUT2D eigenvalue weighted by atomic mass is 19.4. The van der Waals surface area contributed by atoms with Gasteiger partial charge in [-0.05, 0) is 38.0 Å². The molecule has 1 atom stereocenters. The number of carbonyl (C=O) groups is 1. The van der Waals surface area contributed by atoms with Gasteiger partial charge in [-0.1, -0.05) is 0 Å². The largest absolute Gasteiger partial charge is 0.416 e. The van der Waals surface area contributed by atoms with Gasteiger partial charge in [-0.25, -0.2) is 15.0 Å². The van der Waals surface area contributed by atoms with E-state index in [9.17, 15) is 18.0 Å². The van der Waals surface area contributed by atoms with Crippen LogP contribution in [0.1, 0.15) is 42.6 Å². The number of nitrogens with one attached hydrogen (secondary N) is 1. The Morgan fingerprint density at radius 1 is 1.18 bits per heavy atom. The van der Waals surface area contributed by atoms with E-state index in [1.807, 2.05) is 13.0 Å². The van der Waals surface area contributed by atoms with Crippen molar-refractivity contribution in [1.29, 1.82) is 0 Å². The molecule has 0 aliphatic carbocycles. The fourth-order valence-electron chi connectivity index (χ4n) is 3.98. The number of aromatic nitrogens is 5. The van der Waals surface area contributed by atoms with Crippen LogP contribution in [-0.2, 0) is 18.0 Å². The van der Waals surface area contributed by atoms with Crippen LogP contribution in [0.5, 0.6) is 0 Å². The molecule has 0 bridgehead atoms. The van der Waals surface area contributed by atoms with E-state index in [0.717, 1.165) is 36.9 Å². The zero-order valence-corrected chi connectivity index (χ0v) is 18.5. The number of rotatable bonds is 4. The van der Waals surface area contributed by atoms with Crippen molar-refractivity contribution in [2.75, 3.05) is 18.4 Å². The molecule has 3 aromatic rings. The molecule has 4 rings (SSSR count). The number of hydrogen-bond acceptors (Lipinski definition) is 6. The van der Waals surface area contributed by atoms with Crippen LogP contribution >= 0.6 is 0 Å². The second-order valence-electron chi connectivity index (χ2n) is 8.15. The minimum atomic E-state index is -4.48. The molecule has 1 saturated heterocycles. The third-order valence-corrected chi connectivity index (χ3v) is 5.61. The van der Waals surface area contributed by atoms with Crippen molar-refractivity contribution >= 4 is 17.5 Å². The van der Waals surface area contributed by atoms with Crippen LogP contribution in [0.3, 0.4) is 0 Å². The lowest BCUT2D eigenvalue weighted by atomic mass is 9.94. The molecule has 0 saturated carbocycles. The number of likely N-dealkylation sites (tertiary alicyclic amines) is 1. The zero-order chi connectivity index (χ0) is 23.8. The first-order valence-electron chi connectivity index (χ1n) is 10.6. The summed E-state index contributed by atoms with van der Waals surface area (Å²) in [7, 11) is 1.78. The maximum absolute atomic E-state index is 13.1. The van der Waals surface area contributed by atoms with Gasteiger partial charge in [0.15, 0.2) is 5.82 Å². The van der Waals surface area contributed by atoms with Crippen LogP contribution in [0, 0.1) is 6.92 Å². The Balaban J connectivity index is 1.73. The van der Waals surface area contributed by atoms with Gasteiger partial charge in [0.25, 0.3) is 0 Å². The van der Waals surface area contributed by atoms with Crippen molar-refractivity contribution in [2.45, 2.75) is 38.8 Å². The molecule has 11 heteroatoms. The van der Waals surface area contributed by atoms with E-state index in [1.165, 1.54) is 0 Å². The van der Waals surface area contributed by atoms with Crippen LogP contribution < -0.4 is 5.32 Å². The van der Waals surface area contributed by atoms with Gasteiger partial charge in [0.1, 0.15) is 17.3 Å². The van der Waals surface area contributed by atoms with Crippen molar-refractivity contribution in [3.05, 3.63) is 47.4 Å². The number of pyridine rings is 1. The molecular weight excluding hydrogens is 435 g/mol. The fourth-order valence-corrected chi connectivity index (χ4v) is 3.98. The minimum Gasteiger partial charge on any atom is -0.342 e. The maximum atomic E-state index is 13.1. The topological polar surface area (TPSA) is 88.8 Å². The molecule has 1 amide bonds. The van der Waals surface area contributed by atoms with E-state index in [2.05, 4.69) is 20.4 Å². The van der Waals surface area contributed by atoms with E-state index >= 15 is 0 Å². The van der Waals surface area contributed by atoms with Gasteiger partial charge in [0, 0.05) is 45.2 Å². The maximum Gasteiger partial charge on any atom is 0.416 e. The number of hydrogen-bond donors (Lipinski definition) is 1. The minimum absolute atomic E-state index is 0.00255. The molecule has 1 unspecified atom stereocenters. The third-order valence-electron chi connectivity index (χ3n) is 5.61. The summed E-state index contributed by atoms with van der Waals surface area (Å²) in [6.45, 7) is 4.62. The van der Waals surface area contributed by atoms with Gasteiger partial charge in [-0.15, -0.1) is 0 Å². The smallest absolute Gasteiger partial charge is 0.342 e. The number of halogens is 3. The molecule has 0 spiro atoms. The van der Waals surface area contributed by atoms with Crippen LogP contribution in [0.2, 0.25) is 0 Å². The quantitative estimate of drug-likeness (QED) is 0.633. The number of carbonyl (C=O) groups excluding carboxylic acids is 1. The van der Waals surface area contributed by atoms with E-state index in [1.54, 1.807) is 29.6 Å². The average molecular weight is 459 g/mol. The van der Waals surface area contributed by atoms with Gasteiger partial charge < -0.3 is 10.2 Å². The van der Waals surface area contributed by atoms with Gasteiger partial charge >= 0.3 is 6.18 Å². The van der Waals surface area contributed by atoms with E-state index < -0.39 is 11.7 Å². The number of aryl methyl sites for hydroxylation is 2. The highest BCUT2D eigenvalue weighted by Crippen LogP contribution is 2.32. The summed E-state index contributed by atoms with van der Waals surface area (Å²) in [5.41, 5.74) is 1.37. The van der Waals surface area contributed by atoms with E-state index in [-0.39, 0.29) is 17.6 Å². The van der Waals surface area contributed by atoms with Crippen molar-refractivity contribution in [3.8, 4) is 11.5 Å². The molecule has 0 aromatic carbocycles. The Hall–Kier alpha value is -3.50. The van der Waals surface area contributed by atoms with Gasteiger partial charge in [0.2, 0.25) is 5.91 Å². The van der Waals surface area contributed by atoms with Gasteiger partial charge in [0.05, 0.1) is 17.0 Å². The fraction of sp³-hybridized carbons (Fsp3) is 0.409. The molecule has 4 heterocycles. The van der Waals surface area contributed by atoms with E-state index in [4.69, 9.17) is 4.98 Å². The summed E-state index contributed by atoms with van der Waals surface area (Å²) >= 11 is 0. The molecule has 1 aliphatic heterocycles. The number of nitrogens with zero attached hydrogens (tertiary/aromatic N) is 6. The standard InChI is InChI=1S/C22H24F3N7O/c1-13-9-18(31(3)30-13)21-27-17(15-5-4-8-32(12-15)14(2)33)11-20(29-21)28-19-10-16(6-7-26-19)22(23,24)25/h6-7,9-11,15H,4-5,8,12H2,1-3H3,(H,26,27,28,29). The molecule has 8 nitrogen and oxygen atoms in total. The summed E-state index contributed by atoms with van der Waals surface area (Å²) in [5.74, 6) is 0.720. The number of piperidine rings is 1. The molecule has 0 radical (unpaired) electrons. The summed E-state index contributed by atoms with van der Waals surface area (Å²) in [6.07, 6.45) is -1.70. The van der Waals surface area contributed by atoms with Gasteiger partial charge in [-0.3, -0.25) is 9.48 Å². The first-order chi connectivity index (χ1) is 15.6. The molecular formula is C22H24F3N7O. The Bertz CT molecular complexity index is 1180. The zero-order valence-electron chi connectivity index (χ0n) is 18.5. The SMILES string of the molecule is CC(=O)N1CCCC(c2cc(Nc3cc(C(F)(F)F)ccn3)nc(-c3cc(C)nn3C)n2)C1. The van der Waals surface area contributed by atoms with Crippen molar-refractivity contribution in [2.24, 2.45) is 7.05 Å². The Morgan fingerprint density at radius 2 is 1.97 bits per heavy atom. The van der Waals surface area contributed by atoms with Crippen molar-refractivity contribution in [3.63, 3.8) is 0 Å². The monoisotopic (exact) mass is 459 g/mol. The highest BCUT2D eigenvalue weighted by Gasteiger charge is 2.31. The highest BCUT2D eigenvalue weighted by molar-refractivity contribution is 5.73. The lowest BCUT2D eigenvalue weighted by molar-refractivity contribution is -0.137. The number of alkyl halides is 3. The predicted octanol–water partition coefficient (Wildman–Crippen LogP) is 4.07. The van der Waals surface area contributed by atoms with Crippen LogP contribution in [0.4, 0.5) is 24.8 Å². The Kier molecular flexibility index (Phi) is 6.05. The van der Waals surface area contributed by atoms with E-state index in [0.29, 0.717) is 36.1 Å². The average Bonchev–Trinajstić information content (AvgIpc) is 3.11. The second-order valence-corrected chi connectivity index (χ2v) is 8.15. The van der Waals surface area contributed by atoms with Crippen LogP contribution in [0.25, 0.3) is 11.5 Å². The molecule has 3 aromatic heterocycles. The normalized spacial score (nSPS) is 16.7. The van der Waals surface area contributed by atoms with Crippen molar-refractivity contribution in [1.82, 2.24) is 29.6 Å². The molecule has 1 N–H and O–H groups in total. The lowest BCUT2D eigenvalue weighted by Crippen LogP contribution is -2.37. The molecule has 33 heavy (non-hydrogen) atoms. The lowest BCUT2D eigenvalue weighted by Gasteiger charge is -2.32. The first-order valence-corrected chi connectivity index (χ1v) is 10.6. The number of anilines is 2. The third kappa shape index (κ3) is 5.12. The summed E-state index contributed by atoms with van der Waals surface area (Å²) < 4.78 is 41.0. The summed E-state index contributed by atoms with van der Waals surface area (Å²) in [5, 5.41) is 7.24. The molecule has 1 aliphatic rings. The summed E-state index contributed by atoms with van der Waals surface area (Å²) in [6, 6.07) is 5.41. The van der Waals surface area contributed by atoms with Crippen LogP contribution in [-0.4, -0.2) is 48.6 Å². The summed E-state index contributed by atoms with van der Waals surface area (Å²) in [4.78, 5) is 27.0. The predicted molar refractivity (Wildman–Crippen MR) is 116 cm³/mol. The number of amides is 1. The Morgan fingerprint density at radius 3 is 2.64 bits per heavy atom. The second kappa shape index (κ2) is 8.80.